The molecule has 3 heterocycles. The zero-order valence-corrected chi connectivity index (χ0v) is 16.1. The summed E-state index contributed by atoms with van der Waals surface area (Å²) in [5.41, 5.74) is 9.23. The van der Waals surface area contributed by atoms with Crippen molar-refractivity contribution in [3.8, 4) is 28.7 Å². The number of ether oxygens (including phenoxy) is 2. The van der Waals surface area contributed by atoms with Crippen molar-refractivity contribution in [3.63, 3.8) is 0 Å². The Hall–Kier alpha value is -3.60. The fourth-order valence-electron chi connectivity index (χ4n) is 3.56. The molecule has 1 aliphatic heterocycles. The van der Waals surface area contributed by atoms with E-state index in [9.17, 15) is 9.65 Å². The van der Waals surface area contributed by atoms with Crippen LogP contribution in [0.1, 0.15) is 36.4 Å². The number of nitrogens with two attached hydrogens (primary N) is 1. The fraction of sp³-hybridized carbons (Fsp3) is 0.286. The molecule has 0 radical (unpaired) electrons. The maximum atomic E-state index is 13.9. The van der Waals surface area contributed by atoms with Crippen LogP contribution in [0.15, 0.2) is 30.5 Å². The highest BCUT2D eigenvalue weighted by molar-refractivity contribution is 5.73. The summed E-state index contributed by atoms with van der Waals surface area (Å²) in [6.07, 6.45) is 2.42. The van der Waals surface area contributed by atoms with Crippen LogP contribution < -0.4 is 15.2 Å². The molecule has 1 aromatic carbocycles. The van der Waals surface area contributed by atoms with Gasteiger partial charge in [0.25, 0.3) is 0 Å². The van der Waals surface area contributed by atoms with E-state index in [0.717, 1.165) is 5.69 Å². The lowest BCUT2D eigenvalue weighted by molar-refractivity contribution is 0.216. The monoisotopic (exact) mass is 393 g/mol. The van der Waals surface area contributed by atoms with Crippen LogP contribution in [0.4, 0.5) is 10.2 Å². The number of aryl methyl sites for hydroxylation is 1. The fourth-order valence-corrected chi connectivity index (χ4v) is 3.56. The molecule has 4 rings (SSSR count). The average Bonchev–Trinajstić information content (AvgIpc) is 3.02. The van der Waals surface area contributed by atoms with E-state index in [1.54, 1.807) is 37.0 Å². The molecular formula is C21H20FN5O2. The van der Waals surface area contributed by atoms with Gasteiger partial charge in [-0.05, 0) is 44.0 Å². The first kappa shape index (κ1) is 18.7. The topological polar surface area (TPSA) is 99.0 Å². The van der Waals surface area contributed by atoms with Crippen molar-refractivity contribution in [1.82, 2.24) is 14.8 Å². The summed E-state index contributed by atoms with van der Waals surface area (Å²) in [4.78, 5) is 4.24. The van der Waals surface area contributed by atoms with E-state index < -0.39 is 6.10 Å². The molecule has 2 N–H and O–H groups in total. The molecule has 1 aliphatic rings. The number of anilines is 1. The molecule has 2 bridgehead atoms. The third-order valence-corrected chi connectivity index (χ3v) is 4.97. The predicted octanol–water partition coefficient (Wildman–Crippen LogP) is 3.54. The molecule has 0 saturated carbocycles. The van der Waals surface area contributed by atoms with Crippen LogP contribution in [0.25, 0.3) is 11.1 Å². The number of nitriles is 1. The summed E-state index contributed by atoms with van der Waals surface area (Å²) in [6, 6.07) is 8.26. The standard InChI is InChI=1S/C21H20FN5O2/c1-12-15-9-14(22)5-6-18(15)28-7-3-4-17-20(16(10-23)26-27(17)2)13-8-19(29-12)21(24)25-11-13/h5-6,8-9,11-12H,3-4,7H2,1-2H3,(H2,24,25)/t12-/m0/s1. The predicted molar refractivity (Wildman–Crippen MR) is 105 cm³/mol. The van der Waals surface area contributed by atoms with Crippen molar-refractivity contribution in [3.05, 3.63) is 53.2 Å². The molecule has 8 heteroatoms. The van der Waals surface area contributed by atoms with Crippen LogP contribution in [0.3, 0.4) is 0 Å². The third-order valence-electron chi connectivity index (χ3n) is 4.97. The second-order valence-electron chi connectivity index (χ2n) is 6.91. The van der Waals surface area contributed by atoms with E-state index in [1.165, 1.54) is 12.1 Å². The molecule has 0 aliphatic carbocycles. The largest absolute Gasteiger partial charge is 0.493 e. The molecule has 2 aromatic heterocycles. The molecule has 7 nitrogen and oxygen atoms in total. The molecule has 0 unspecified atom stereocenters. The first-order chi connectivity index (χ1) is 14.0. The zero-order chi connectivity index (χ0) is 20.5. The van der Waals surface area contributed by atoms with E-state index in [2.05, 4.69) is 16.2 Å². The molecule has 148 valence electrons. The highest BCUT2D eigenvalue weighted by Gasteiger charge is 2.22. The first-order valence-corrected chi connectivity index (χ1v) is 9.28. The van der Waals surface area contributed by atoms with Crippen LogP contribution in [0.2, 0.25) is 0 Å². The van der Waals surface area contributed by atoms with Crippen LogP contribution in [-0.4, -0.2) is 21.4 Å². The van der Waals surface area contributed by atoms with Gasteiger partial charge in [-0.1, -0.05) is 0 Å². The minimum Gasteiger partial charge on any atom is -0.493 e. The molecule has 0 amide bonds. The maximum Gasteiger partial charge on any atom is 0.170 e. The van der Waals surface area contributed by atoms with Crippen molar-refractivity contribution in [2.75, 3.05) is 12.3 Å². The van der Waals surface area contributed by atoms with Gasteiger partial charge in [-0.2, -0.15) is 10.4 Å². The lowest BCUT2D eigenvalue weighted by atomic mass is 10.0. The van der Waals surface area contributed by atoms with Gasteiger partial charge in [-0.3, -0.25) is 4.68 Å². The van der Waals surface area contributed by atoms with Gasteiger partial charge in [-0.25, -0.2) is 9.37 Å². The number of hydrogen-bond acceptors (Lipinski definition) is 6. The van der Waals surface area contributed by atoms with Crippen LogP contribution in [-0.2, 0) is 13.5 Å². The first-order valence-electron chi connectivity index (χ1n) is 9.28. The van der Waals surface area contributed by atoms with Gasteiger partial charge in [0.15, 0.2) is 17.3 Å². The van der Waals surface area contributed by atoms with Crippen molar-refractivity contribution >= 4 is 5.82 Å². The van der Waals surface area contributed by atoms with E-state index >= 15 is 0 Å². The highest BCUT2D eigenvalue weighted by atomic mass is 19.1. The Balaban J connectivity index is 1.86. The number of nitrogens with zero attached hydrogens (tertiary/aromatic N) is 4. The minimum atomic E-state index is -0.524. The normalized spacial score (nSPS) is 16.0. The summed E-state index contributed by atoms with van der Waals surface area (Å²) in [5.74, 6) is 0.745. The summed E-state index contributed by atoms with van der Waals surface area (Å²) in [5, 5.41) is 13.9. The summed E-state index contributed by atoms with van der Waals surface area (Å²) >= 11 is 0. The Bertz CT molecular complexity index is 1120. The quantitative estimate of drug-likeness (QED) is 0.627. The van der Waals surface area contributed by atoms with Gasteiger partial charge in [0.05, 0.1) is 6.61 Å². The molecule has 1 atom stereocenters. The number of hydrogen-bond donors (Lipinski definition) is 1. The highest BCUT2D eigenvalue weighted by Crippen LogP contribution is 2.36. The second kappa shape index (κ2) is 7.43. The van der Waals surface area contributed by atoms with Gasteiger partial charge in [0, 0.05) is 35.6 Å². The van der Waals surface area contributed by atoms with E-state index in [-0.39, 0.29) is 11.6 Å². The van der Waals surface area contributed by atoms with Gasteiger partial charge < -0.3 is 15.2 Å². The molecule has 0 fully saturated rings. The van der Waals surface area contributed by atoms with Gasteiger partial charge in [0.1, 0.15) is 23.7 Å². The second-order valence-corrected chi connectivity index (χ2v) is 6.91. The van der Waals surface area contributed by atoms with Crippen LogP contribution >= 0.6 is 0 Å². The van der Waals surface area contributed by atoms with Crippen molar-refractivity contribution in [1.29, 1.82) is 5.26 Å². The lowest BCUT2D eigenvalue weighted by Gasteiger charge is -2.19. The molecular weight excluding hydrogens is 373 g/mol. The van der Waals surface area contributed by atoms with E-state index in [1.807, 2.05) is 0 Å². The van der Waals surface area contributed by atoms with Crippen molar-refractivity contribution in [2.45, 2.75) is 25.9 Å². The SMILES string of the molecule is C[C@@H]1Oc2cc(cnc2N)-c2c(C#N)nn(C)c2CCCOc2ccc(F)cc21. The lowest BCUT2D eigenvalue weighted by Crippen LogP contribution is -2.09. The Labute approximate surface area is 167 Å². The Morgan fingerprint density at radius 3 is 2.93 bits per heavy atom. The summed E-state index contributed by atoms with van der Waals surface area (Å²) < 4.78 is 27.5. The van der Waals surface area contributed by atoms with Crippen LogP contribution in [0, 0.1) is 17.1 Å². The summed E-state index contributed by atoms with van der Waals surface area (Å²) in [7, 11) is 1.81. The number of halogens is 1. The summed E-state index contributed by atoms with van der Waals surface area (Å²) in [6.45, 7) is 2.22. The average molecular weight is 393 g/mol. The minimum absolute atomic E-state index is 0.207. The number of pyridine rings is 1. The van der Waals surface area contributed by atoms with Gasteiger partial charge in [-0.15, -0.1) is 0 Å². The smallest absolute Gasteiger partial charge is 0.170 e. The van der Waals surface area contributed by atoms with Crippen molar-refractivity contribution < 1.29 is 13.9 Å². The number of fused-ring (bicyclic) bond motifs is 5. The molecule has 0 saturated heterocycles. The van der Waals surface area contributed by atoms with Gasteiger partial charge in [0.2, 0.25) is 0 Å². The van der Waals surface area contributed by atoms with Gasteiger partial charge >= 0.3 is 0 Å². The van der Waals surface area contributed by atoms with E-state index in [0.29, 0.717) is 53.3 Å². The Morgan fingerprint density at radius 2 is 2.14 bits per heavy atom. The zero-order valence-electron chi connectivity index (χ0n) is 16.1. The Morgan fingerprint density at radius 1 is 1.31 bits per heavy atom. The number of aromatic nitrogens is 3. The molecule has 29 heavy (non-hydrogen) atoms. The molecule has 3 aromatic rings. The van der Waals surface area contributed by atoms with Crippen molar-refractivity contribution in [2.24, 2.45) is 7.05 Å². The third kappa shape index (κ3) is 3.47. The Kier molecular flexibility index (Phi) is 4.80. The number of rotatable bonds is 0. The van der Waals surface area contributed by atoms with E-state index in [4.69, 9.17) is 15.2 Å². The number of nitrogen functional groups attached to an aromatic ring is 1. The molecule has 0 spiro atoms. The van der Waals surface area contributed by atoms with Crippen LogP contribution in [0.5, 0.6) is 11.5 Å². The maximum absolute atomic E-state index is 13.9. The number of benzene rings is 1.